The summed E-state index contributed by atoms with van der Waals surface area (Å²) in [5.74, 6) is -0.694. The maximum atomic E-state index is 17.2. The Kier molecular flexibility index (Phi) is 8.27. The number of nitriles is 1. The molecule has 0 radical (unpaired) electrons. The Bertz CT molecular complexity index is 2090. The third-order valence-corrected chi connectivity index (χ3v) is 12.5. The number of nitrogens with two attached hydrogens (primary N) is 1. The largest absolute Gasteiger partial charge is 0.461 e. The van der Waals surface area contributed by atoms with E-state index >= 15 is 4.39 Å². The SMILES string of the molecule is CCN(c1nc(OCC23CCCN2CC(F)C3)nc2c(F)c(-c3ccc(F)c4sc(N)c(C#N)c34)c(Cl)cc12)C1CCN(C(=O)C2CC2)C1C. The number of nitrogens with zero attached hydrogens (tertiary/aromatic N) is 6. The smallest absolute Gasteiger partial charge is 0.319 e. The number of carbonyl (C=O) groups is 1. The molecule has 4 fully saturated rings. The van der Waals surface area contributed by atoms with Crippen molar-refractivity contribution in [2.45, 2.75) is 76.2 Å². The quantitative estimate of drug-likeness (QED) is 0.206. The van der Waals surface area contributed by atoms with Gasteiger partial charge >= 0.3 is 6.01 Å². The van der Waals surface area contributed by atoms with Crippen molar-refractivity contribution >= 4 is 60.7 Å². The van der Waals surface area contributed by atoms with Crippen LogP contribution in [-0.2, 0) is 4.79 Å². The van der Waals surface area contributed by atoms with Crippen LogP contribution in [0.25, 0.3) is 32.1 Å². The monoisotopic (exact) mass is 723 g/mol. The number of ether oxygens (including phenoxy) is 1. The zero-order valence-electron chi connectivity index (χ0n) is 27.8. The molecule has 1 saturated carbocycles. The minimum atomic E-state index is -0.952. The normalized spacial score (nSPS) is 25.1. The fraction of sp³-hybridized carbons (Fsp3) is 0.500. The summed E-state index contributed by atoms with van der Waals surface area (Å²) in [5, 5.41) is 10.6. The Balaban J connectivity index is 1.27. The number of amides is 1. The fourth-order valence-corrected chi connectivity index (χ4v) is 9.85. The van der Waals surface area contributed by atoms with Crippen molar-refractivity contribution in [3.63, 3.8) is 0 Å². The number of likely N-dealkylation sites (tertiary alicyclic amines) is 1. The summed E-state index contributed by atoms with van der Waals surface area (Å²) in [6.07, 6.45) is 3.63. The molecule has 0 spiro atoms. The third-order valence-electron chi connectivity index (χ3n) is 11.2. The molecule has 4 unspecified atom stereocenters. The summed E-state index contributed by atoms with van der Waals surface area (Å²) in [6.45, 7) is 6.40. The van der Waals surface area contributed by atoms with Crippen molar-refractivity contribution < 1.29 is 22.7 Å². The van der Waals surface area contributed by atoms with Crippen LogP contribution in [0.15, 0.2) is 18.2 Å². The van der Waals surface area contributed by atoms with Crippen molar-refractivity contribution in [3.8, 4) is 23.2 Å². The molecule has 4 aliphatic rings. The van der Waals surface area contributed by atoms with Gasteiger partial charge in [0.2, 0.25) is 5.91 Å². The molecule has 14 heteroatoms. The van der Waals surface area contributed by atoms with Gasteiger partial charge in [-0.2, -0.15) is 15.2 Å². The molecule has 2 aromatic carbocycles. The van der Waals surface area contributed by atoms with Crippen molar-refractivity contribution in [1.29, 1.82) is 5.26 Å². The number of likely N-dealkylation sites (N-methyl/N-ethyl adjacent to an activating group) is 1. The number of hydrogen-bond acceptors (Lipinski definition) is 9. The maximum Gasteiger partial charge on any atom is 0.319 e. The Hall–Kier alpha value is -3.86. The minimum Gasteiger partial charge on any atom is -0.461 e. The average molecular weight is 724 g/mol. The molecule has 1 amide bonds. The number of thiophene rings is 1. The van der Waals surface area contributed by atoms with Gasteiger partial charge < -0.3 is 20.3 Å². The molecule has 5 heterocycles. The molecule has 3 aliphatic heterocycles. The van der Waals surface area contributed by atoms with Crippen LogP contribution in [0.4, 0.5) is 24.0 Å². The van der Waals surface area contributed by atoms with Crippen LogP contribution in [0.3, 0.4) is 0 Å². The number of aromatic nitrogens is 2. The molecule has 2 N–H and O–H groups in total. The average Bonchev–Trinajstić information content (AvgIpc) is 3.50. The first kappa shape index (κ1) is 33.3. The van der Waals surface area contributed by atoms with Gasteiger partial charge in [0.15, 0.2) is 5.82 Å². The third kappa shape index (κ3) is 5.25. The van der Waals surface area contributed by atoms with E-state index in [9.17, 15) is 18.8 Å². The number of halogens is 4. The van der Waals surface area contributed by atoms with E-state index in [1.165, 1.54) is 12.1 Å². The highest BCUT2D eigenvalue weighted by molar-refractivity contribution is 7.23. The number of rotatable bonds is 8. The first-order valence-corrected chi connectivity index (χ1v) is 18.4. The summed E-state index contributed by atoms with van der Waals surface area (Å²) in [7, 11) is 0. The van der Waals surface area contributed by atoms with Crippen LogP contribution in [0.5, 0.6) is 6.01 Å². The van der Waals surface area contributed by atoms with Gasteiger partial charge in [0.1, 0.15) is 41.0 Å². The summed E-state index contributed by atoms with van der Waals surface area (Å²) in [4.78, 5) is 28.8. The number of anilines is 2. The highest BCUT2D eigenvalue weighted by atomic mass is 35.5. The van der Waals surface area contributed by atoms with Gasteiger partial charge in [-0.05, 0) is 70.2 Å². The molecule has 1 aliphatic carbocycles. The van der Waals surface area contributed by atoms with Gasteiger partial charge in [-0.25, -0.2) is 13.2 Å². The molecule has 8 rings (SSSR count). The van der Waals surface area contributed by atoms with Crippen LogP contribution < -0.4 is 15.4 Å². The van der Waals surface area contributed by atoms with Gasteiger partial charge in [-0.3, -0.25) is 9.69 Å². The zero-order chi connectivity index (χ0) is 35.1. The molecule has 9 nitrogen and oxygen atoms in total. The van der Waals surface area contributed by atoms with Gasteiger partial charge in [0.05, 0.1) is 26.9 Å². The van der Waals surface area contributed by atoms with Crippen LogP contribution >= 0.6 is 22.9 Å². The Morgan fingerprint density at radius 1 is 1.26 bits per heavy atom. The summed E-state index contributed by atoms with van der Waals surface area (Å²) in [6, 6.07) is 5.94. The second kappa shape index (κ2) is 12.4. The van der Waals surface area contributed by atoms with E-state index in [-0.39, 0.29) is 78.8 Å². The van der Waals surface area contributed by atoms with E-state index in [0.717, 1.165) is 43.6 Å². The van der Waals surface area contributed by atoms with E-state index in [2.05, 4.69) is 14.8 Å². The Labute approximate surface area is 296 Å². The lowest BCUT2D eigenvalue weighted by Crippen LogP contribution is -2.46. The van der Waals surface area contributed by atoms with E-state index in [4.69, 9.17) is 27.1 Å². The molecule has 50 heavy (non-hydrogen) atoms. The highest BCUT2D eigenvalue weighted by Crippen LogP contribution is 2.47. The zero-order valence-corrected chi connectivity index (χ0v) is 29.4. The topological polar surface area (TPSA) is 112 Å². The van der Waals surface area contributed by atoms with Crippen LogP contribution in [0.1, 0.15) is 57.9 Å². The van der Waals surface area contributed by atoms with Crippen LogP contribution in [-0.4, -0.2) is 82.3 Å². The van der Waals surface area contributed by atoms with E-state index in [0.29, 0.717) is 43.7 Å². The first-order chi connectivity index (χ1) is 24.0. The van der Waals surface area contributed by atoms with Gasteiger partial charge in [-0.15, -0.1) is 11.3 Å². The number of benzene rings is 2. The number of alkyl halides is 1. The molecule has 262 valence electrons. The second-order valence-electron chi connectivity index (χ2n) is 14.1. The fourth-order valence-electron chi connectivity index (χ4n) is 8.60. The van der Waals surface area contributed by atoms with Crippen molar-refractivity contribution in [2.75, 3.05) is 43.4 Å². The highest BCUT2D eigenvalue weighted by Gasteiger charge is 2.49. The van der Waals surface area contributed by atoms with E-state index < -0.39 is 23.3 Å². The van der Waals surface area contributed by atoms with Gasteiger partial charge in [0.25, 0.3) is 0 Å². The predicted octanol–water partition coefficient (Wildman–Crippen LogP) is 7.08. The van der Waals surface area contributed by atoms with E-state index in [1.54, 1.807) is 6.07 Å². The summed E-state index contributed by atoms with van der Waals surface area (Å²) >= 11 is 7.83. The Morgan fingerprint density at radius 2 is 2.06 bits per heavy atom. The summed E-state index contributed by atoms with van der Waals surface area (Å²) < 4.78 is 53.2. The lowest BCUT2D eigenvalue weighted by molar-refractivity contribution is -0.133. The van der Waals surface area contributed by atoms with Crippen molar-refractivity contribution in [2.24, 2.45) is 5.92 Å². The van der Waals surface area contributed by atoms with Gasteiger partial charge in [0, 0.05) is 54.4 Å². The molecule has 3 saturated heterocycles. The molecule has 2 aromatic heterocycles. The number of nitrogen functional groups attached to an aromatic ring is 1. The maximum absolute atomic E-state index is 17.2. The number of fused-ring (bicyclic) bond motifs is 3. The lowest BCUT2D eigenvalue weighted by Gasteiger charge is -2.35. The lowest BCUT2D eigenvalue weighted by atomic mass is 9.95. The minimum absolute atomic E-state index is 0.0246. The van der Waals surface area contributed by atoms with Crippen LogP contribution in [0, 0.1) is 28.9 Å². The Morgan fingerprint density at radius 3 is 2.80 bits per heavy atom. The van der Waals surface area contributed by atoms with Crippen molar-refractivity contribution in [3.05, 3.63) is 40.4 Å². The first-order valence-electron chi connectivity index (χ1n) is 17.2. The molecular formula is C36H37ClF3N7O2S. The van der Waals surface area contributed by atoms with Gasteiger partial charge in [-0.1, -0.05) is 17.7 Å². The summed E-state index contributed by atoms with van der Waals surface area (Å²) in [5.41, 5.74) is 5.75. The standard InChI is InChI=1S/C36H37ClF3N7O2S/c1-3-46(26-9-12-47(18(26)2)34(48)19-5-6-19)33-22-13-24(37)28(21-7-8-25(39)31-27(21)23(15-41)32(42)50-31)29(40)30(22)43-35(44-33)49-17-36-10-4-11-45(36)16-20(38)14-36/h7-8,13,18-20,26H,3-6,9-12,14,16-17,42H2,1-2H3. The molecule has 4 aromatic rings. The number of hydrogen-bond donors (Lipinski definition) is 1. The number of carbonyl (C=O) groups excluding carboxylic acids is 1. The molecule has 4 atom stereocenters. The van der Waals surface area contributed by atoms with E-state index in [1.807, 2.05) is 24.8 Å². The van der Waals surface area contributed by atoms with Crippen LogP contribution in [0.2, 0.25) is 5.02 Å². The second-order valence-corrected chi connectivity index (χ2v) is 15.5. The van der Waals surface area contributed by atoms with Crippen molar-refractivity contribution in [1.82, 2.24) is 19.8 Å². The molecule has 0 bridgehead atoms. The predicted molar refractivity (Wildman–Crippen MR) is 188 cm³/mol. The molecular weight excluding hydrogens is 687 g/mol.